The molecule has 1 fully saturated rings. The molecule has 1 amide bonds. The molecular weight excluding hydrogens is 350 g/mol. The van der Waals surface area contributed by atoms with Gasteiger partial charge in [0.1, 0.15) is 5.82 Å². The molecule has 4 aromatic rings. The number of fused-ring (bicyclic) bond motifs is 1. The first-order valence-electron chi connectivity index (χ1n) is 9.60. The van der Waals surface area contributed by atoms with E-state index in [0.29, 0.717) is 12.1 Å². The van der Waals surface area contributed by atoms with Crippen molar-refractivity contribution in [2.75, 3.05) is 13.1 Å². The van der Waals surface area contributed by atoms with Crippen LogP contribution in [0.2, 0.25) is 0 Å². The van der Waals surface area contributed by atoms with Crippen LogP contribution in [0.25, 0.3) is 16.7 Å². The average Bonchev–Trinajstić information content (AvgIpc) is 3.43. The summed E-state index contributed by atoms with van der Waals surface area (Å²) in [5.41, 5.74) is 3.74. The summed E-state index contributed by atoms with van der Waals surface area (Å²) < 4.78 is 1.92. The van der Waals surface area contributed by atoms with Crippen LogP contribution in [0.3, 0.4) is 0 Å². The number of benzene rings is 2. The maximum absolute atomic E-state index is 13.0. The van der Waals surface area contributed by atoms with Crippen LogP contribution in [0.1, 0.15) is 34.9 Å². The number of hydrogen-bond acceptors (Lipinski definition) is 3. The molecule has 3 heterocycles. The third-order valence-corrected chi connectivity index (χ3v) is 5.42. The Morgan fingerprint density at radius 3 is 2.75 bits per heavy atom. The van der Waals surface area contributed by atoms with Crippen LogP contribution >= 0.6 is 0 Å². The van der Waals surface area contributed by atoms with Gasteiger partial charge < -0.3 is 14.5 Å². The summed E-state index contributed by atoms with van der Waals surface area (Å²) in [6, 6.07) is 15.8. The molecule has 1 N–H and O–H groups in total. The fraction of sp³-hybridized carbons (Fsp3) is 0.227. The lowest BCUT2D eigenvalue weighted by molar-refractivity contribution is 0.0705. The summed E-state index contributed by atoms with van der Waals surface area (Å²) in [5.74, 6) is 1.31. The van der Waals surface area contributed by atoms with E-state index >= 15 is 0 Å². The molecule has 0 saturated carbocycles. The van der Waals surface area contributed by atoms with Gasteiger partial charge in [0.15, 0.2) is 0 Å². The summed E-state index contributed by atoms with van der Waals surface area (Å²) in [7, 11) is 0. The van der Waals surface area contributed by atoms with Crippen molar-refractivity contribution in [2.24, 2.45) is 0 Å². The Morgan fingerprint density at radius 2 is 1.96 bits per heavy atom. The Kier molecular flexibility index (Phi) is 4.16. The number of imidazole rings is 2. The normalized spacial score (nSPS) is 17.1. The van der Waals surface area contributed by atoms with Gasteiger partial charge >= 0.3 is 0 Å². The number of H-pyrrole nitrogens is 1. The van der Waals surface area contributed by atoms with Crippen LogP contribution in [0.15, 0.2) is 67.3 Å². The van der Waals surface area contributed by atoms with Crippen LogP contribution in [0.5, 0.6) is 0 Å². The minimum atomic E-state index is 0.0815. The molecule has 0 bridgehead atoms. The van der Waals surface area contributed by atoms with Crippen molar-refractivity contribution in [1.82, 2.24) is 24.4 Å². The van der Waals surface area contributed by atoms with Gasteiger partial charge in [-0.3, -0.25) is 4.79 Å². The van der Waals surface area contributed by atoms with E-state index in [9.17, 15) is 4.79 Å². The van der Waals surface area contributed by atoms with Crippen LogP contribution in [-0.2, 0) is 0 Å². The van der Waals surface area contributed by atoms with Crippen molar-refractivity contribution in [3.8, 4) is 5.69 Å². The maximum atomic E-state index is 13.0. The van der Waals surface area contributed by atoms with E-state index in [1.54, 1.807) is 12.5 Å². The fourth-order valence-electron chi connectivity index (χ4n) is 3.92. The SMILES string of the molecule is O=C(c1ccc(-n2ccnc2)cc1)N1CCCC(c2nc3ccccc3[nH]2)C1. The molecule has 2 aromatic heterocycles. The Hall–Kier alpha value is -3.41. The Morgan fingerprint density at radius 1 is 1.11 bits per heavy atom. The monoisotopic (exact) mass is 371 g/mol. The standard InChI is InChI=1S/C22H21N5O/c28-22(16-7-9-18(10-8-16)27-13-11-23-15-27)26-12-3-4-17(14-26)21-24-19-5-1-2-6-20(19)25-21/h1-2,5-11,13,15,17H,3-4,12,14H2,(H,24,25). The van der Waals surface area contributed by atoms with Crippen molar-refractivity contribution in [3.05, 3.63) is 78.6 Å². The first-order valence-corrected chi connectivity index (χ1v) is 9.60. The number of nitrogens with zero attached hydrogens (tertiary/aromatic N) is 4. The highest BCUT2D eigenvalue weighted by molar-refractivity contribution is 5.94. The van der Waals surface area contributed by atoms with E-state index in [-0.39, 0.29) is 11.8 Å². The van der Waals surface area contributed by atoms with Crippen molar-refractivity contribution in [3.63, 3.8) is 0 Å². The quantitative estimate of drug-likeness (QED) is 0.596. The zero-order chi connectivity index (χ0) is 18.9. The molecule has 5 rings (SSSR count). The molecule has 1 aliphatic heterocycles. The third-order valence-electron chi connectivity index (χ3n) is 5.42. The lowest BCUT2D eigenvalue weighted by Gasteiger charge is -2.32. The molecular formula is C22H21N5O. The van der Waals surface area contributed by atoms with E-state index in [4.69, 9.17) is 4.98 Å². The van der Waals surface area contributed by atoms with Gasteiger partial charge in [-0.1, -0.05) is 12.1 Å². The molecule has 2 aromatic carbocycles. The lowest BCUT2D eigenvalue weighted by Crippen LogP contribution is -2.39. The molecule has 1 unspecified atom stereocenters. The highest BCUT2D eigenvalue weighted by atomic mass is 16.2. The number of amides is 1. The van der Waals surface area contributed by atoms with Crippen LogP contribution < -0.4 is 0 Å². The lowest BCUT2D eigenvalue weighted by atomic mass is 9.96. The topological polar surface area (TPSA) is 66.8 Å². The Labute approximate surface area is 162 Å². The van der Waals surface area contributed by atoms with E-state index in [1.807, 2.05) is 64.2 Å². The van der Waals surface area contributed by atoms with E-state index < -0.39 is 0 Å². The van der Waals surface area contributed by atoms with Crippen molar-refractivity contribution >= 4 is 16.9 Å². The summed E-state index contributed by atoms with van der Waals surface area (Å²) >= 11 is 0. The van der Waals surface area contributed by atoms with Gasteiger partial charge in [0.05, 0.1) is 17.4 Å². The van der Waals surface area contributed by atoms with Gasteiger partial charge in [0, 0.05) is 42.7 Å². The number of para-hydroxylation sites is 2. The fourth-order valence-corrected chi connectivity index (χ4v) is 3.92. The van der Waals surface area contributed by atoms with Gasteiger partial charge in [0.2, 0.25) is 0 Å². The average molecular weight is 371 g/mol. The largest absolute Gasteiger partial charge is 0.342 e. The molecule has 1 aliphatic rings. The van der Waals surface area contributed by atoms with Crippen molar-refractivity contribution in [2.45, 2.75) is 18.8 Å². The van der Waals surface area contributed by atoms with Gasteiger partial charge in [-0.15, -0.1) is 0 Å². The van der Waals surface area contributed by atoms with Gasteiger partial charge in [-0.05, 0) is 49.2 Å². The van der Waals surface area contributed by atoms with Crippen LogP contribution in [-0.4, -0.2) is 43.4 Å². The zero-order valence-corrected chi connectivity index (χ0v) is 15.5. The molecule has 1 atom stereocenters. The van der Waals surface area contributed by atoms with Gasteiger partial charge in [-0.25, -0.2) is 9.97 Å². The van der Waals surface area contributed by atoms with Gasteiger partial charge in [-0.2, -0.15) is 0 Å². The smallest absolute Gasteiger partial charge is 0.253 e. The second-order valence-electron chi connectivity index (χ2n) is 7.25. The zero-order valence-electron chi connectivity index (χ0n) is 15.5. The summed E-state index contributed by atoms with van der Waals surface area (Å²) in [6.45, 7) is 1.49. The number of piperidine rings is 1. The minimum absolute atomic E-state index is 0.0815. The number of rotatable bonds is 3. The molecule has 6 nitrogen and oxygen atoms in total. The number of hydrogen-bond donors (Lipinski definition) is 1. The number of carbonyl (C=O) groups is 1. The number of aromatic nitrogens is 4. The van der Waals surface area contributed by atoms with E-state index in [2.05, 4.69) is 9.97 Å². The first-order chi connectivity index (χ1) is 13.8. The highest BCUT2D eigenvalue weighted by Gasteiger charge is 2.27. The number of carbonyl (C=O) groups excluding carboxylic acids is 1. The predicted octanol–water partition coefficient (Wildman–Crippen LogP) is 3.77. The number of nitrogens with one attached hydrogen (secondary N) is 1. The van der Waals surface area contributed by atoms with Crippen LogP contribution in [0.4, 0.5) is 0 Å². The molecule has 0 aliphatic carbocycles. The van der Waals surface area contributed by atoms with Crippen molar-refractivity contribution in [1.29, 1.82) is 0 Å². The number of aromatic amines is 1. The highest BCUT2D eigenvalue weighted by Crippen LogP contribution is 2.27. The predicted molar refractivity (Wildman–Crippen MR) is 108 cm³/mol. The third kappa shape index (κ3) is 3.07. The molecule has 0 radical (unpaired) electrons. The van der Waals surface area contributed by atoms with Crippen molar-refractivity contribution < 1.29 is 4.79 Å². The second-order valence-corrected chi connectivity index (χ2v) is 7.25. The Bertz CT molecular complexity index is 1060. The van der Waals surface area contributed by atoms with Crippen LogP contribution in [0, 0.1) is 0 Å². The van der Waals surface area contributed by atoms with E-state index in [0.717, 1.165) is 41.9 Å². The summed E-state index contributed by atoms with van der Waals surface area (Å²) in [6.07, 6.45) is 7.41. The molecule has 140 valence electrons. The first kappa shape index (κ1) is 16.7. The second kappa shape index (κ2) is 6.96. The summed E-state index contributed by atoms with van der Waals surface area (Å²) in [4.78, 5) is 27.2. The summed E-state index contributed by atoms with van der Waals surface area (Å²) in [5, 5.41) is 0. The van der Waals surface area contributed by atoms with Gasteiger partial charge in [0.25, 0.3) is 5.91 Å². The molecule has 0 spiro atoms. The van der Waals surface area contributed by atoms with E-state index in [1.165, 1.54) is 0 Å². The Balaban J connectivity index is 1.33. The number of likely N-dealkylation sites (tertiary alicyclic amines) is 1. The molecule has 28 heavy (non-hydrogen) atoms. The molecule has 1 saturated heterocycles. The maximum Gasteiger partial charge on any atom is 0.253 e. The molecule has 6 heteroatoms. The minimum Gasteiger partial charge on any atom is -0.342 e.